The minimum absolute atomic E-state index is 0.104. The Morgan fingerprint density at radius 3 is 1.76 bits per heavy atom. The van der Waals surface area contributed by atoms with Crippen LogP contribution in [0.4, 0.5) is 0 Å². The number of nitrogens with one attached hydrogen (secondary N) is 1. The molecule has 0 aliphatic carbocycles. The molecule has 58 heavy (non-hydrogen) atoms. The van der Waals surface area contributed by atoms with Crippen molar-refractivity contribution in [1.82, 2.24) is 10.3 Å². The minimum Gasteiger partial charge on any atom is -0.359 e. The summed E-state index contributed by atoms with van der Waals surface area (Å²) in [5.74, 6) is 0.844. The van der Waals surface area contributed by atoms with Gasteiger partial charge in [-0.05, 0) is 94.9 Å². The van der Waals surface area contributed by atoms with E-state index in [1.165, 1.54) is 60.0 Å². The van der Waals surface area contributed by atoms with E-state index < -0.39 is 0 Å². The lowest BCUT2D eigenvalue weighted by molar-refractivity contribution is 0.781. The number of pyridine rings is 1. The van der Waals surface area contributed by atoms with E-state index in [4.69, 9.17) is 4.99 Å². The van der Waals surface area contributed by atoms with Gasteiger partial charge in [-0.15, -0.1) is 0 Å². The molecular formula is C55H37N3. The SMILES string of the molecule is C1=C(c2ccc(-c3cncc4ccccc34)cc2)N=C(c2cccc(-c3cccc4ccccc34)c2)NC1c1ccc(-c2cc3ccccc3c3ccccc23)cc1. The molecule has 0 spiro atoms. The third kappa shape index (κ3) is 6.01. The molecule has 3 heteroatoms. The number of aliphatic imine (C=N–C) groups is 1. The average molecular weight is 740 g/mol. The van der Waals surface area contributed by atoms with E-state index in [2.05, 4.69) is 211 Å². The number of hydrogen-bond acceptors (Lipinski definition) is 3. The quantitative estimate of drug-likeness (QED) is 0.172. The summed E-state index contributed by atoms with van der Waals surface area (Å²) in [4.78, 5) is 9.88. The van der Waals surface area contributed by atoms with Crippen molar-refractivity contribution in [3.8, 4) is 33.4 Å². The molecule has 3 nitrogen and oxygen atoms in total. The predicted octanol–water partition coefficient (Wildman–Crippen LogP) is 13.8. The Kier molecular flexibility index (Phi) is 8.22. The van der Waals surface area contributed by atoms with Gasteiger partial charge >= 0.3 is 0 Å². The van der Waals surface area contributed by atoms with Gasteiger partial charge in [-0.25, -0.2) is 4.99 Å². The number of rotatable bonds is 6. The van der Waals surface area contributed by atoms with Gasteiger partial charge in [-0.2, -0.15) is 0 Å². The molecule has 0 bridgehead atoms. The van der Waals surface area contributed by atoms with Gasteiger partial charge in [0.2, 0.25) is 0 Å². The largest absolute Gasteiger partial charge is 0.359 e. The molecule has 0 saturated carbocycles. The lowest BCUT2D eigenvalue weighted by Crippen LogP contribution is -2.31. The summed E-state index contributed by atoms with van der Waals surface area (Å²) in [6.45, 7) is 0. The van der Waals surface area contributed by atoms with Crippen LogP contribution in [0, 0.1) is 0 Å². The van der Waals surface area contributed by atoms with Crippen LogP contribution in [-0.2, 0) is 0 Å². The van der Waals surface area contributed by atoms with E-state index in [9.17, 15) is 0 Å². The Hall–Kier alpha value is -7.62. The van der Waals surface area contributed by atoms with Gasteiger partial charge in [0.15, 0.2) is 0 Å². The minimum atomic E-state index is -0.104. The lowest BCUT2D eigenvalue weighted by Gasteiger charge is -2.25. The van der Waals surface area contributed by atoms with E-state index in [1.54, 1.807) is 0 Å². The topological polar surface area (TPSA) is 37.3 Å². The van der Waals surface area contributed by atoms with Crippen molar-refractivity contribution in [1.29, 1.82) is 0 Å². The maximum absolute atomic E-state index is 5.33. The van der Waals surface area contributed by atoms with E-state index in [0.29, 0.717) is 0 Å². The highest BCUT2D eigenvalue weighted by molar-refractivity contribution is 6.14. The van der Waals surface area contributed by atoms with Crippen LogP contribution in [0.25, 0.3) is 82.2 Å². The van der Waals surface area contributed by atoms with Crippen LogP contribution in [0.5, 0.6) is 0 Å². The Labute approximate surface area is 337 Å². The van der Waals surface area contributed by atoms with Crippen LogP contribution < -0.4 is 5.32 Å². The van der Waals surface area contributed by atoms with Gasteiger partial charge < -0.3 is 5.32 Å². The van der Waals surface area contributed by atoms with Crippen molar-refractivity contribution in [3.05, 3.63) is 229 Å². The molecule has 272 valence electrons. The van der Waals surface area contributed by atoms with E-state index in [-0.39, 0.29) is 6.04 Å². The number of nitrogens with zero attached hydrogens (tertiary/aromatic N) is 2. The third-order valence-corrected chi connectivity index (χ3v) is 11.6. The second kappa shape index (κ2) is 14.1. The molecule has 1 N–H and O–H groups in total. The Balaban J connectivity index is 0.993. The summed E-state index contributed by atoms with van der Waals surface area (Å²) in [7, 11) is 0. The van der Waals surface area contributed by atoms with Gasteiger partial charge in [0.05, 0.1) is 11.7 Å². The van der Waals surface area contributed by atoms with Crippen LogP contribution in [0.3, 0.4) is 0 Å². The molecule has 9 aromatic carbocycles. The van der Waals surface area contributed by atoms with Crippen molar-refractivity contribution >= 4 is 54.6 Å². The van der Waals surface area contributed by atoms with Gasteiger partial charge in [0.1, 0.15) is 5.84 Å². The van der Waals surface area contributed by atoms with Gasteiger partial charge in [0.25, 0.3) is 0 Å². The fourth-order valence-electron chi connectivity index (χ4n) is 8.67. The molecule has 1 unspecified atom stereocenters. The molecule has 0 fully saturated rings. The average Bonchev–Trinajstić information content (AvgIpc) is 3.31. The van der Waals surface area contributed by atoms with Crippen molar-refractivity contribution in [2.75, 3.05) is 0 Å². The van der Waals surface area contributed by atoms with Crippen molar-refractivity contribution in [2.24, 2.45) is 4.99 Å². The predicted molar refractivity (Wildman–Crippen MR) is 244 cm³/mol. The highest BCUT2D eigenvalue weighted by Gasteiger charge is 2.21. The summed E-state index contributed by atoms with van der Waals surface area (Å²) in [5, 5.41) is 13.7. The zero-order valence-corrected chi connectivity index (χ0v) is 31.7. The maximum atomic E-state index is 5.33. The molecule has 0 saturated heterocycles. The molecule has 1 aliphatic heterocycles. The molecule has 2 heterocycles. The Morgan fingerprint density at radius 1 is 0.362 bits per heavy atom. The second-order valence-corrected chi connectivity index (χ2v) is 15.0. The molecule has 11 rings (SSSR count). The van der Waals surface area contributed by atoms with E-state index in [1.807, 2.05) is 12.4 Å². The fraction of sp³-hybridized carbons (Fsp3) is 0.0182. The molecular weight excluding hydrogens is 703 g/mol. The number of fused-ring (bicyclic) bond motifs is 5. The Bertz CT molecular complexity index is 3240. The Morgan fingerprint density at radius 2 is 0.948 bits per heavy atom. The molecule has 0 amide bonds. The lowest BCUT2D eigenvalue weighted by atomic mass is 9.92. The van der Waals surface area contributed by atoms with Crippen molar-refractivity contribution < 1.29 is 0 Å². The third-order valence-electron chi connectivity index (χ3n) is 11.6. The number of aromatic nitrogens is 1. The molecule has 1 atom stereocenters. The number of amidine groups is 1. The number of hydrogen-bond donors (Lipinski definition) is 1. The fourth-order valence-corrected chi connectivity index (χ4v) is 8.67. The van der Waals surface area contributed by atoms with Crippen molar-refractivity contribution in [2.45, 2.75) is 6.04 Å². The first-order valence-electron chi connectivity index (χ1n) is 19.8. The van der Waals surface area contributed by atoms with E-state index >= 15 is 0 Å². The first-order valence-corrected chi connectivity index (χ1v) is 19.8. The summed E-state index contributed by atoms with van der Waals surface area (Å²) in [6, 6.07) is 69.7. The highest BCUT2D eigenvalue weighted by atomic mass is 15.0. The van der Waals surface area contributed by atoms with Crippen LogP contribution in [0.1, 0.15) is 22.7 Å². The normalized spacial score (nSPS) is 14.0. The van der Waals surface area contributed by atoms with Gasteiger partial charge in [0, 0.05) is 28.9 Å². The monoisotopic (exact) mass is 739 g/mol. The molecule has 1 aromatic heterocycles. The number of benzene rings is 9. The maximum Gasteiger partial charge on any atom is 0.134 e. The smallest absolute Gasteiger partial charge is 0.134 e. The first-order chi connectivity index (χ1) is 28.7. The molecule has 1 aliphatic rings. The first kappa shape index (κ1) is 33.7. The summed E-state index contributed by atoms with van der Waals surface area (Å²) < 4.78 is 0. The highest BCUT2D eigenvalue weighted by Crippen LogP contribution is 2.37. The molecule has 0 radical (unpaired) electrons. The molecule has 10 aromatic rings. The van der Waals surface area contributed by atoms with Crippen LogP contribution in [0.15, 0.2) is 218 Å². The second-order valence-electron chi connectivity index (χ2n) is 15.0. The van der Waals surface area contributed by atoms with Gasteiger partial charge in [-0.1, -0.05) is 182 Å². The van der Waals surface area contributed by atoms with Gasteiger partial charge in [-0.3, -0.25) is 4.98 Å². The zero-order chi connectivity index (χ0) is 38.4. The summed E-state index contributed by atoms with van der Waals surface area (Å²) >= 11 is 0. The van der Waals surface area contributed by atoms with Crippen LogP contribution >= 0.6 is 0 Å². The summed E-state index contributed by atoms with van der Waals surface area (Å²) in [6.07, 6.45) is 6.14. The summed E-state index contributed by atoms with van der Waals surface area (Å²) in [5.41, 5.74) is 11.3. The zero-order valence-electron chi connectivity index (χ0n) is 31.7. The van der Waals surface area contributed by atoms with Crippen LogP contribution in [0.2, 0.25) is 0 Å². The van der Waals surface area contributed by atoms with Crippen molar-refractivity contribution in [3.63, 3.8) is 0 Å². The van der Waals surface area contributed by atoms with Crippen LogP contribution in [-0.4, -0.2) is 10.8 Å². The standard InChI is InChI=1S/C55H37N3/c1-4-17-45-36(11-1)14-10-22-46(45)41-15-9-16-43(31-41)55-57-53(33-54(58-55)40-29-25-38(26-30-40)52-35-56-34-44-13-3-6-19-48(44)52)39-27-23-37(24-28-39)51-32-42-12-2-5-18-47(42)49-20-7-8-21-50(49)51/h1-35,53H,(H,57,58). The van der Waals surface area contributed by atoms with E-state index in [0.717, 1.165) is 44.7 Å².